The lowest BCUT2D eigenvalue weighted by atomic mass is 10.0. The fourth-order valence-corrected chi connectivity index (χ4v) is 1.69. The number of aromatic carboxylic acids is 1. The summed E-state index contributed by atoms with van der Waals surface area (Å²) in [5.74, 6) is -1.23. The van der Waals surface area contributed by atoms with Crippen LogP contribution in [0.1, 0.15) is 32.0 Å². The molecule has 0 saturated heterocycles. The summed E-state index contributed by atoms with van der Waals surface area (Å²) in [5.41, 5.74) is 1.46. The molecule has 86 valence electrons. The van der Waals surface area contributed by atoms with Crippen molar-refractivity contribution < 1.29 is 14.7 Å². The van der Waals surface area contributed by atoms with Crippen molar-refractivity contribution in [3.05, 3.63) is 58.9 Å². The maximum Gasteiger partial charge on any atom is 0.337 e. The summed E-state index contributed by atoms with van der Waals surface area (Å²) in [6, 6.07) is 8.75. The van der Waals surface area contributed by atoms with E-state index in [1.54, 1.807) is 31.2 Å². The fourth-order valence-electron chi connectivity index (χ4n) is 1.69. The first-order valence-electron chi connectivity index (χ1n) is 5.12. The molecule has 1 heterocycles. The first kappa shape index (κ1) is 11.1. The van der Waals surface area contributed by atoms with Gasteiger partial charge in [0.1, 0.15) is 0 Å². The lowest BCUT2D eigenvalue weighted by Crippen LogP contribution is -2.04. The lowest BCUT2D eigenvalue weighted by molar-refractivity contribution is 0.0696. The van der Waals surface area contributed by atoms with Crippen molar-refractivity contribution in [3.8, 4) is 0 Å². The summed E-state index contributed by atoms with van der Waals surface area (Å²) in [6.45, 7) is 1.62. The second-order valence-electron chi connectivity index (χ2n) is 3.70. The van der Waals surface area contributed by atoms with Crippen LogP contribution in [0.5, 0.6) is 0 Å². The Labute approximate surface area is 97.9 Å². The average molecular weight is 229 g/mol. The number of nitrogens with one attached hydrogen (secondary N) is 1. The van der Waals surface area contributed by atoms with Crippen molar-refractivity contribution in [2.75, 3.05) is 0 Å². The van der Waals surface area contributed by atoms with E-state index in [4.69, 9.17) is 5.11 Å². The lowest BCUT2D eigenvalue weighted by Gasteiger charge is -2.00. The molecule has 2 rings (SSSR count). The summed E-state index contributed by atoms with van der Waals surface area (Å²) < 4.78 is 0. The maximum atomic E-state index is 12.1. The molecule has 0 spiro atoms. The number of rotatable bonds is 3. The van der Waals surface area contributed by atoms with E-state index in [9.17, 15) is 9.59 Å². The van der Waals surface area contributed by atoms with Crippen LogP contribution in [0.25, 0.3) is 0 Å². The summed E-state index contributed by atoms with van der Waals surface area (Å²) in [5, 5.41) is 8.90. The largest absolute Gasteiger partial charge is 0.478 e. The number of benzene rings is 1. The Morgan fingerprint density at radius 2 is 1.82 bits per heavy atom. The third kappa shape index (κ3) is 1.97. The standard InChI is InChI=1S/C13H11NO3/c1-8-10(13(16)17)7-14-11(8)12(15)9-5-3-2-4-6-9/h2-7,14H,1H3,(H,16,17). The third-order valence-corrected chi connectivity index (χ3v) is 2.63. The van der Waals surface area contributed by atoms with E-state index in [0.29, 0.717) is 16.8 Å². The summed E-state index contributed by atoms with van der Waals surface area (Å²) in [7, 11) is 0. The molecule has 1 aromatic heterocycles. The number of carboxylic acid groups (broad SMARTS) is 1. The fraction of sp³-hybridized carbons (Fsp3) is 0.0769. The van der Waals surface area contributed by atoms with E-state index >= 15 is 0 Å². The molecule has 0 bridgehead atoms. The summed E-state index contributed by atoms with van der Waals surface area (Å²) in [4.78, 5) is 25.7. The van der Waals surface area contributed by atoms with Gasteiger partial charge < -0.3 is 10.1 Å². The molecule has 0 aliphatic rings. The molecule has 17 heavy (non-hydrogen) atoms. The highest BCUT2D eigenvalue weighted by Gasteiger charge is 2.18. The first-order chi connectivity index (χ1) is 8.11. The Balaban J connectivity index is 2.42. The Morgan fingerprint density at radius 3 is 2.35 bits per heavy atom. The van der Waals surface area contributed by atoms with Crippen molar-refractivity contribution in [1.82, 2.24) is 4.98 Å². The van der Waals surface area contributed by atoms with Gasteiger partial charge in [-0.15, -0.1) is 0 Å². The van der Waals surface area contributed by atoms with E-state index < -0.39 is 5.97 Å². The molecular weight excluding hydrogens is 218 g/mol. The van der Waals surface area contributed by atoms with Crippen LogP contribution in [-0.4, -0.2) is 21.8 Å². The zero-order valence-electron chi connectivity index (χ0n) is 9.23. The minimum Gasteiger partial charge on any atom is -0.478 e. The van der Waals surface area contributed by atoms with E-state index in [1.807, 2.05) is 6.07 Å². The molecule has 0 aliphatic heterocycles. The molecule has 4 nitrogen and oxygen atoms in total. The molecule has 0 amide bonds. The summed E-state index contributed by atoms with van der Waals surface area (Å²) >= 11 is 0. The quantitative estimate of drug-likeness (QED) is 0.793. The van der Waals surface area contributed by atoms with Gasteiger partial charge >= 0.3 is 5.97 Å². The van der Waals surface area contributed by atoms with Crippen LogP contribution in [0.15, 0.2) is 36.5 Å². The van der Waals surface area contributed by atoms with E-state index in [-0.39, 0.29) is 11.3 Å². The molecule has 2 N–H and O–H groups in total. The number of H-pyrrole nitrogens is 1. The minimum atomic E-state index is -1.04. The van der Waals surface area contributed by atoms with E-state index in [2.05, 4.69) is 4.98 Å². The Kier molecular flexibility index (Phi) is 2.78. The molecule has 2 aromatic rings. The van der Waals surface area contributed by atoms with Crippen LogP contribution in [0.3, 0.4) is 0 Å². The molecule has 0 unspecified atom stereocenters. The van der Waals surface area contributed by atoms with Gasteiger partial charge in [-0.25, -0.2) is 4.79 Å². The molecule has 0 saturated carbocycles. The molecule has 0 aliphatic carbocycles. The minimum absolute atomic E-state index is 0.129. The van der Waals surface area contributed by atoms with Gasteiger partial charge in [0.05, 0.1) is 11.3 Å². The van der Waals surface area contributed by atoms with Gasteiger partial charge in [0.15, 0.2) is 0 Å². The number of hydrogen-bond acceptors (Lipinski definition) is 2. The normalized spacial score (nSPS) is 10.2. The van der Waals surface area contributed by atoms with Gasteiger partial charge in [0.25, 0.3) is 0 Å². The van der Waals surface area contributed by atoms with Crippen LogP contribution < -0.4 is 0 Å². The van der Waals surface area contributed by atoms with Crippen molar-refractivity contribution in [2.45, 2.75) is 6.92 Å². The monoisotopic (exact) mass is 229 g/mol. The number of carbonyl (C=O) groups excluding carboxylic acids is 1. The smallest absolute Gasteiger partial charge is 0.337 e. The van der Waals surface area contributed by atoms with Gasteiger partial charge in [-0.2, -0.15) is 0 Å². The van der Waals surface area contributed by atoms with Crippen molar-refractivity contribution in [2.24, 2.45) is 0 Å². The second kappa shape index (κ2) is 4.25. The number of ketones is 1. The number of carbonyl (C=O) groups is 2. The zero-order valence-corrected chi connectivity index (χ0v) is 9.23. The molecule has 1 aromatic carbocycles. The van der Waals surface area contributed by atoms with Gasteiger partial charge in [-0.3, -0.25) is 4.79 Å². The molecule has 4 heteroatoms. The van der Waals surface area contributed by atoms with Gasteiger partial charge in [-0.1, -0.05) is 30.3 Å². The molecule has 0 radical (unpaired) electrons. The number of aromatic amines is 1. The van der Waals surface area contributed by atoms with Crippen LogP contribution in [0, 0.1) is 6.92 Å². The van der Waals surface area contributed by atoms with Crippen LogP contribution in [0.4, 0.5) is 0 Å². The zero-order chi connectivity index (χ0) is 12.4. The molecule has 0 fully saturated rings. The van der Waals surface area contributed by atoms with Crippen LogP contribution in [-0.2, 0) is 0 Å². The molecular formula is C13H11NO3. The maximum absolute atomic E-state index is 12.1. The third-order valence-electron chi connectivity index (χ3n) is 2.63. The summed E-state index contributed by atoms with van der Waals surface area (Å²) in [6.07, 6.45) is 1.34. The van der Waals surface area contributed by atoms with Gasteiger partial charge in [0.2, 0.25) is 5.78 Å². The van der Waals surface area contributed by atoms with Crippen molar-refractivity contribution in [1.29, 1.82) is 0 Å². The van der Waals surface area contributed by atoms with Gasteiger partial charge in [0, 0.05) is 11.8 Å². The van der Waals surface area contributed by atoms with E-state index in [0.717, 1.165) is 0 Å². The predicted octanol–water partition coefficient (Wildman–Crippen LogP) is 2.25. The van der Waals surface area contributed by atoms with Crippen molar-refractivity contribution in [3.63, 3.8) is 0 Å². The van der Waals surface area contributed by atoms with Crippen molar-refractivity contribution >= 4 is 11.8 Å². The Hall–Kier alpha value is -2.36. The van der Waals surface area contributed by atoms with Gasteiger partial charge in [-0.05, 0) is 12.5 Å². The number of aromatic nitrogens is 1. The first-order valence-corrected chi connectivity index (χ1v) is 5.12. The number of hydrogen-bond donors (Lipinski definition) is 2. The average Bonchev–Trinajstić information content (AvgIpc) is 2.71. The van der Waals surface area contributed by atoms with Crippen LogP contribution in [0.2, 0.25) is 0 Å². The van der Waals surface area contributed by atoms with E-state index in [1.165, 1.54) is 6.20 Å². The number of carboxylic acids is 1. The predicted molar refractivity (Wildman–Crippen MR) is 62.4 cm³/mol. The Morgan fingerprint density at radius 1 is 1.18 bits per heavy atom. The van der Waals surface area contributed by atoms with Crippen LogP contribution >= 0.6 is 0 Å². The second-order valence-corrected chi connectivity index (χ2v) is 3.70. The topological polar surface area (TPSA) is 70.2 Å². The highest BCUT2D eigenvalue weighted by Crippen LogP contribution is 2.16. The highest BCUT2D eigenvalue weighted by molar-refractivity contribution is 6.10. The highest BCUT2D eigenvalue weighted by atomic mass is 16.4. The Bertz CT molecular complexity index is 570. The molecule has 0 atom stereocenters. The SMILES string of the molecule is Cc1c(C(=O)O)c[nH]c1C(=O)c1ccccc1.